The van der Waals surface area contributed by atoms with E-state index in [0.29, 0.717) is 28.5 Å². The van der Waals surface area contributed by atoms with Crippen molar-refractivity contribution in [1.82, 2.24) is 19.5 Å². The maximum Gasteiger partial charge on any atom is 0.224 e. The first-order valence-corrected chi connectivity index (χ1v) is 8.96. The van der Waals surface area contributed by atoms with Crippen LogP contribution in [-0.2, 0) is 11.3 Å². The number of nitrogens with two attached hydrogens (primary N) is 1. The Labute approximate surface area is 164 Å². The molecule has 4 rings (SSSR count). The van der Waals surface area contributed by atoms with E-state index >= 15 is 0 Å². The molecular weight excluding hydrogens is 388 g/mol. The van der Waals surface area contributed by atoms with Crippen LogP contribution in [0.25, 0.3) is 11.2 Å². The van der Waals surface area contributed by atoms with Crippen LogP contribution in [0, 0.1) is 0 Å². The highest BCUT2D eigenvalue weighted by molar-refractivity contribution is 6.30. The number of aromatic nitrogens is 4. The molecule has 11 heteroatoms. The second-order valence-electron chi connectivity index (χ2n) is 6.47. The summed E-state index contributed by atoms with van der Waals surface area (Å²) >= 11 is 6.01. The molecule has 28 heavy (non-hydrogen) atoms. The van der Waals surface area contributed by atoms with Gasteiger partial charge in [0.1, 0.15) is 18.3 Å². The predicted molar refractivity (Wildman–Crippen MR) is 102 cm³/mol. The summed E-state index contributed by atoms with van der Waals surface area (Å²) in [7, 11) is 0. The molecule has 148 valence electrons. The fourth-order valence-electron chi connectivity index (χ4n) is 3.19. The number of benzene rings is 1. The topological polar surface area (TPSA) is 152 Å². The molecule has 3 aromatic rings. The number of ether oxygens (including phenoxy) is 1. The van der Waals surface area contributed by atoms with E-state index in [1.54, 1.807) is 6.07 Å². The number of halogens is 1. The van der Waals surface area contributed by atoms with E-state index < -0.39 is 31.1 Å². The van der Waals surface area contributed by atoms with Crippen molar-refractivity contribution in [3.05, 3.63) is 41.2 Å². The van der Waals surface area contributed by atoms with Crippen molar-refractivity contribution in [2.75, 3.05) is 17.7 Å². The number of nitrogens with one attached hydrogen (secondary N) is 1. The lowest BCUT2D eigenvalue weighted by molar-refractivity contribution is -0.0511. The Kier molecular flexibility index (Phi) is 5.04. The van der Waals surface area contributed by atoms with Gasteiger partial charge in [0, 0.05) is 11.6 Å². The summed E-state index contributed by atoms with van der Waals surface area (Å²) in [5.74, 6) is 0.419. The molecule has 0 radical (unpaired) electrons. The van der Waals surface area contributed by atoms with E-state index in [4.69, 9.17) is 22.1 Å². The Morgan fingerprint density at radius 1 is 1.25 bits per heavy atom. The lowest BCUT2D eigenvalue weighted by atomic mass is 10.1. The number of fused-ring (bicyclic) bond motifs is 1. The van der Waals surface area contributed by atoms with Gasteiger partial charge in [-0.05, 0) is 17.7 Å². The lowest BCUT2D eigenvalue weighted by Crippen LogP contribution is -2.33. The maximum absolute atomic E-state index is 10.3. The molecule has 4 atom stereocenters. The number of nitrogen functional groups attached to an aromatic ring is 1. The molecule has 0 bridgehead atoms. The minimum absolute atomic E-state index is 0.00888. The van der Waals surface area contributed by atoms with E-state index in [0.717, 1.165) is 5.56 Å². The van der Waals surface area contributed by atoms with E-state index in [1.165, 1.54) is 10.9 Å². The van der Waals surface area contributed by atoms with Crippen LogP contribution < -0.4 is 11.1 Å². The van der Waals surface area contributed by atoms with E-state index in [1.807, 2.05) is 18.2 Å². The highest BCUT2D eigenvalue weighted by Gasteiger charge is 2.44. The molecule has 0 amide bonds. The molecule has 1 fully saturated rings. The van der Waals surface area contributed by atoms with Gasteiger partial charge in [-0.25, -0.2) is 4.98 Å². The molecular formula is C17H19ClN6O4. The highest BCUT2D eigenvalue weighted by atomic mass is 35.5. The van der Waals surface area contributed by atoms with Crippen LogP contribution in [-0.4, -0.2) is 59.8 Å². The van der Waals surface area contributed by atoms with Crippen molar-refractivity contribution in [2.45, 2.75) is 31.1 Å². The van der Waals surface area contributed by atoms with Crippen molar-refractivity contribution in [1.29, 1.82) is 0 Å². The second-order valence-corrected chi connectivity index (χ2v) is 6.90. The number of rotatable bonds is 5. The normalized spacial score (nSPS) is 24.7. The third kappa shape index (κ3) is 3.36. The summed E-state index contributed by atoms with van der Waals surface area (Å²) in [5.41, 5.74) is 7.54. The summed E-state index contributed by atoms with van der Waals surface area (Å²) in [4.78, 5) is 12.7. The summed E-state index contributed by atoms with van der Waals surface area (Å²) in [6, 6.07) is 7.38. The Balaban J connectivity index is 1.65. The Bertz CT molecular complexity index is 999. The smallest absolute Gasteiger partial charge is 0.224 e. The van der Waals surface area contributed by atoms with Crippen LogP contribution in [0.15, 0.2) is 30.6 Å². The molecule has 6 N–H and O–H groups in total. The van der Waals surface area contributed by atoms with Gasteiger partial charge >= 0.3 is 0 Å². The Hall–Kier alpha value is -2.50. The molecule has 3 heterocycles. The van der Waals surface area contributed by atoms with Gasteiger partial charge in [-0.15, -0.1) is 0 Å². The average Bonchev–Trinajstić information content (AvgIpc) is 3.21. The van der Waals surface area contributed by atoms with Gasteiger partial charge in [0.25, 0.3) is 0 Å². The van der Waals surface area contributed by atoms with Crippen LogP contribution in [0.1, 0.15) is 11.8 Å². The van der Waals surface area contributed by atoms with Gasteiger partial charge < -0.3 is 31.1 Å². The summed E-state index contributed by atoms with van der Waals surface area (Å²) in [6.45, 7) is 0.0117. The summed E-state index contributed by atoms with van der Waals surface area (Å²) < 4.78 is 7.01. The molecule has 1 saturated heterocycles. The van der Waals surface area contributed by atoms with Crippen molar-refractivity contribution in [2.24, 2.45) is 0 Å². The minimum atomic E-state index is -1.26. The molecule has 0 spiro atoms. The van der Waals surface area contributed by atoms with Crippen LogP contribution in [0.3, 0.4) is 0 Å². The molecule has 1 aliphatic rings. The number of aliphatic hydroxyl groups excluding tert-OH is 3. The van der Waals surface area contributed by atoms with Crippen LogP contribution in [0.4, 0.5) is 11.8 Å². The van der Waals surface area contributed by atoms with E-state index in [2.05, 4.69) is 20.3 Å². The van der Waals surface area contributed by atoms with Gasteiger partial charge in [0.05, 0.1) is 12.9 Å². The molecule has 1 aromatic carbocycles. The Morgan fingerprint density at radius 2 is 2.07 bits per heavy atom. The SMILES string of the molecule is Nc1nc(NCc2cccc(Cl)c2)c2ncn(C3O[C@H](CO)[C@@H](O)[C@H]3O)c2n1. The third-order valence-electron chi connectivity index (χ3n) is 4.58. The van der Waals surface area contributed by atoms with Crippen molar-refractivity contribution in [3.63, 3.8) is 0 Å². The quantitative estimate of drug-likeness (QED) is 0.402. The highest BCUT2D eigenvalue weighted by Crippen LogP contribution is 2.32. The van der Waals surface area contributed by atoms with Gasteiger partial charge in [0.15, 0.2) is 23.2 Å². The molecule has 1 aliphatic heterocycles. The van der Waals surface area contributed by atoms with Crippen molar-refractivity contribution >= 4 is 34.5 Å². The van der Waals surface area contributed by atoms with Gasteiger partial charge in [-0.2, -0.15) is 9.97 Å². The van der Waals surface area contributed by atoms with Crippen LogP contribution in [0.5, 0.6) is 0 Å². The van der Waals surface area contributed by atoms with Gasteiger partial charge in [-0.3, -0.25) is 4.57 Å². The zero-order valence-corrected chi connectivity index (χ0v) is 15.4. The van der Waals surface area contributed by atoms with Crippen molar-refractivity contribution in [3.8, 4) is 0 Å². The monoisotopic (exact) mass is 406 g/mol. The minimum Gasteiger partial charge on any atom is -0.394 e. The van der Waals surface area contributed by atoms with Gasteiger partial charge in [-0.1, -0.05) is 23.7 Å². The Morgan fingerprint density at radius 3 is 2.79 bits per heavy atom. The first kappa shape index (κ1) is 18.8. The first-order chi connectivity index (χ1) is 13.5. The predicted octanol–water partition coefficient (Wildman–Crippen LogP) is 0.285. The molecule has 10 nitrogen and oxygen atoms in total. The summed E-state index contributed by atoms with van der Waals surface area (Å²) in [6.07, 6.45) is -2.94. The molecule has 0 aliphatic carbocycles. The molecule has 2 aromatic heterocycles. The van der Waals surface area contributed by atoms with Crippen LogP contribution in [0.2, 0.25) is 5.02 Å². The van der Waals surface area contributed by atoms with Crippen LogP contribution >= 0.6 is 11.6 Å². The summed E-state index contributed by atoms with van der Waals surface area (Å²) in [5, 5.41) is 33.3. The number of hydrogen-bond donors (Lipinski definition) is 5. The van der Waals surface area contributed by atoms with Crippen molar-refractivity contribution < 1.29 is 20.1 Å². The number of imidazole rings is 1. The van der Waals surface area contributed by atoms with Gasteiger partial charge in [0.2, 0.25) is 5.95 Å². The first-order valence-electron chi connectivity index (χ1n) is 8.58. The second kappa shape index (κ2) is 7.49. The standard InChI is InChI=1S/C17H19ClN6O4/c18-9-3-1-2-8(4-9)5-20-14-11-15(23-17(19)22-14)24(7-21-11)16-13(27)12(26)10(6-25)28-16/h1-4,7,10,12-13,16,25-27H,5-6H2,(H3,19,20,22,23)/t10-,12-,13-,16?/m1/s1. The number of nitrogens with zero attached hydrogens (tertiary/aromatic N) is 4. The fraction of sp³-hybridized carbons (Fsp3) is 0.353. The average molecular weight is 407 g/mol. The lowest BCUT2D eigenvalue weighted by Gasteiger charge is -2.16. The largest absolute Gasteiger partial charge is 0.394 e. The number of anilines is 2. The molecule has 0 saturated carbocycles. The zero-order valence-electron chi connectivity index (χ0n) is 14.6. The zero-order chi connectivity index (χ0) is 19.8. The van der Waals surface area contributed by atoms with E-state index in [-0.39, 0.29) is 5.95 Å². The third-order valence-corrected chi connectivity index (χ3v) is 4.81. The maximum atomic E-state index is 10.3. The fourth-order valence-corrected chi connectivity index (χ4v) is 3.40. The molecule has 1 unspecified atom stereocenters. The van der Waals surface area contributed by atoms with E-state index in [9.17, 15) is 15.3 Å². The number of hydrogen-bond acceptors (Lipinski definition) is 9. The number of aliphatic hydroxyl groups is 3.